The molecule has 0 aromatic rings. The minimum absolute atomic E-state index is 0. The molecule has 0 aromatic carbocycles. The van der Waals surface area contributed by atoms with E-state index in [0.29, 0.717) is 11.5 Å². The van der Waals surface area contributed by atoms with Gasteiger partial charge in [-0.3, -0.25) is 4.79 Å². The van der Waals surface area contributed by atoms with Crippen molar-refractivity contribution >= 4 is 16.9 Å². The lowest BCUT2D eigenvalue weighted by atomic mass is 9.98. The van der Waals surface area contributed by atoms with Crippen LogP contribution in [-0.2, 0) is 4.79 Å². The first kappa shape index (κ1) is 16.7. The summed E-state index contributed by atoms with van der Waals surface area (Å²) >= 11 is 1.51. The number of carbonyl (C=O) groups is 1. The molecule has 0 aromatic heterocycles. The summed E-state index contributed by atoms with van der Waals surface area (Å²) in [5.74, 6) is 1.90. The van der Waals surface area contributed by atoms with Crippen molar-refractivity contribution in [2.45, 2.75) is 33.1 Å². The molecule has 0 bridgehead atoms. The van der Waals surface area contributed by atoms with Gasteiger partial charge in [0.2, 0.25) is 0 Å². The molecule has 1 rings (SSSR count). The smallest absolute Gasteiger partial charge is 0.188 e. The Labute approximate surface area is 121 Å². The fourth-order valence-electron chi connectivity index (χ4n) is 2.03. The summed E-state index contributed by atoms with van der Waals surface area (Å²) in [4.78, 5) is 11.2. The maximum absolute atomic E-state index is 11.2. The molecule has 0 amide bonds. The van der Waals surface area contributed by atoms with Crippen molar-refractivity contribution in [2.24, 2.45) is 5.92 Å². The van der Waals surface area contributed by atoms with Gasteiger partial charge in [0.1, 0.15) is 0 Å². The zero-order chi connectivity index (χ0) is 11.3. The van der Waals surface area contributed by atoms with Gasteiger partial charge in [-0.1, -0.05) is 25.6 Å². The third kappa shape index (κ3) is 5.87. The van der Waals surface area contributed by atoms with Gasteiger partial charge in [0, 0.05) is 6.42 Å². The molecule has 96 valence electrons. The Kier molecular flexibility index (Phi) is 8.28. The molecule has 0 saturated carbocycles. The van der Waals surface area contributed by atoms with Gasteiger partial charge >= 0.3 is 0 Å². The molecule has 0 aliphatic carbocycles. The Balaban J connectivity index is 0.00000225. The van der Waals surface area contributed by atoms with E-state index in [2.05, 4.69) is 14.0 Å². The monoisotopic (exact) mass is 357 g/mol. The average Bonchev–Trinajstić information content (AvgIpc) is 2.23. The zero-order valence-corrected chi connectivity index (χ0v) is 13.6. The molecular formula is C12H24INOS. The lowest BCUT2D eigenvalue weighted by molar-refractivity contribution is -0.912. The van der Waals surface area contributed by atoms with Crippen LogP contribution in [0.25, 0.3) is 0 Å². The summed E-state index contributed by atoms with van der Waals surface area (Å²) in [6.07, 6.45) is 3.37. The number of piperidine rings is 1. The van der Waals surface area contributed by atoms with E-state index in [4.69, 9.17) is 0 Å². The number of hydrogen-bond acceptors (Lipinski definition) is 2. The molecule has 0 radical (unpaired) electrons. The average molecular weight is 357 g/mol. The highest BCUT2D eigenvalue weighted by molar-refractivity contribution is 8.13. The first-order valence-corrected chi connectivity index (χ1v) is 7.03. The normalized spacial score (nSPS) is 29.6. The van der Waals surface area contributed by atoms with Gasteiger partial charge in [0.05, 0.1) is 32.4 Å². The van der Waals surface area contributed by atoms with Crippen LogP contribution >= 0.6 is 11.8 Å². The highest BCUT2D eigenvalue weighted by atomic mass is 127. The fourth-order valence-corrected chi connectivity index (χ4v) is 2.99. The van der Waals surface area contributed by atoms with E-state index in [9.17, 15) is 4.79 Å². The minimum atomic E-state index is 0. The number of rotatable bonds is 4. The van der Waals surface area contributed by atoms with Crippen LogP contribution < -0.4 is 24.0 Å². The van der Waals surface area contributed by atoms with Crippen LogP contribution in [0.2, 0.25) is 0 Å². The zero-order valence-electron chi connectivity index (χ0n) is 10.7. The standard InChI is InChI=1S/C12H24NOS.HI/c1-4-12(14)15-10-9-13(3)7-5-11(2)6-8-13;/h11H,4-10H2,1-3H3;1H/q+1;/p-1. The largest absolute Gasteiger partial charge is 1.00 e. The number of halogens is 1. The maximum atomic E-state index is 11.2. The van der Waals surface area contributed by atoms with E-state index in [1.54, 1.807) is 0 Å². The van der Waals surface area contributed by atoms with Gasteiger partial charge in [-0.25, -0.2) is 0 Å². The molecule has 0 atom stereocenters. The van der Waals surface area contributed by atoms with Crippen molar-refractivity contribution in [3.8, 4) is 0 Å². The predicted molar refractivity (Wildman–Crippen MR) is 66.9 cm³/mol. The summed E-state index contributed by atoms with van der Waals surface area (Å²) in [6.45, 7) is 8.03. The Hall–Kier alpha value is 0.710. The van der Waals surface area contributed by atoms with Crippen molar-refractivity contribution < 1.29 is 33.3 Å². The van der Waals surface area contributed by atoms with Crippen molar-refractivity contribution in [2.75, 3.05) is 32.4 Å². The maximum Gasteiger partial charge on any atom is 0.188 e. The molecule has 0 unspecified atom stereocenters. The summed E-state index contributed by atoms with van der Waals surface area (Å²) in [5.41, 5.74) is 0. The van der Waals surface area contributed by atoms with E-state index < -0.39 is 0 Å². The Morgan fingerprint density at radius 2 is 1.94 bits per heavy atom. The SMILES string of the molecule is CCC(=O)SCC[N+]1(C)CCC(C)CC1.[I-]. The van der Waals surface area contributed by atoms with Crippen molar-refractivity contribution in [1.29, 1.82) is 0 Å². The van der Waals surface area contributed by atoms with Crippen LogP contribution in [0.1, 0.15) is 33.1 Å². The molecule has 1 heterocycles. The van der Waals surface area contributed by atoms with Gasteiger partial charge in [-0.05, 0) is 18.8 Å². The summed E-state index contributed by atoms with van der Waals surface area (Å²) < 4.78 is 1.17. The second-order valence-electron chi connectivity index (χ2n) is 5.05. The van der Waals surface area contributed by atoms with Gasteiger partial charge < -0.3 is 28.5 Å². The molecule has 1 fully saturated rings. The molecule has 1 aliphatic rings. The third-order valence-corrected chi connectivity index (χ3v) is 4.50. The number of nitrogens with zero attached hydrogens (tertiary/aromatic N) is 1. The highest BCUT2D eigenvalue weighted by Gasteiger charge is 2.27. The van der Waals surface area contributed by atoms with Crippen LogP contribution in [0.3, 0.4) is 0 Å². The van der Waals surface area contributed by atoms with Gasteiger partial charge in [0.15, 0.2) is 5.12 Å². The van der Waals surface area contributed by atoms with Gasteiger partial charge in [-0.15, -0.1) is 0 Å². The summed E-state index contributed by atoms with van der Waals surface area (Å²) in [5, 5.41) is 0.340. The lowest BCUT2D eigenvalue weighted by Gasteiger charge is -2.39. The molecule has 4 heteroatoms. The van der Waals surface area contributed by atoms with E-state index in [-0.39, 0.29) is 24.0 Å². The number of thioether (sulfide) groups is 1. The molecule has 0 N–H and O–H groups in total. The van der Waals surface area contributed by atoms with E-state index in [1.807, 2.05) is 6.92 Å². The number of quaternary nitrogens is 1. The Bertz CT molecular complexity index is 215. The van der Waals surface area contributed by atoms with Crippen molar-refractivity contribution in [3.05, 3.63) is 0 Å². The number of likely N-dealkylation sites (tertiary alicyclic amines) is 1. The van der Waals surface area contributed by atoms with Crippen LogP contribution in [0.4, 0.5) is 0 Å². The first-order valence-electron chi connectivity index (χ1n) is 6.05. The van der Waals surface area contributed by atoms with Crippen LogP contribution in [-0.4, -0.2) is 42.0 Å². The Morgan fingerprint density at radius 3 is 2.44 bits per heavy atom. The van der Waals surface area contributed by atoms with E-state index in [0.717, 1.165) is 18.2 Å². The van der Waals surface area contributed by atoms with E-state index in [1.165, 1.54) is 42.2 Å². The van der Waals surface area contributed by atoms with Gasteiger partial charge in [-0.2, -0.15) is 0 Å². The second-order valence-corrected chi connectivity index (χ2v) is 6.20. The molecule has 2 nitrogen and oxygen atoms in total. The fraction of sp³-hybridized carbons (Fsp3) is 0.917. The molecule has 16 heavy (non-hydrogen) atoms. The summed E-state index contributed by atoms with van der Waals surface area (Å²) in [7, 11) is 2.34. The third-order valence-electron chi connectivity index (χ3n) is 3.51. The quantitative estimate of drug-likeness (QED) is 0.500. The predicted octanol–water partition coefficient (Wildman–Crippen LogP) is -0.463. The van der Waals surface area contributed by atoms with Crippen molar-refractivity contribution in [3.63, 3.8) is 0 Å². The second kappa shape index (κ2) is 7.93. The lowest BCUT2D eigenvalue weighted by Crippen LogP contribution is -3.00. The molecule has 1 aliphatic heterocycles. The number of carbonyl (C=O) groups excluding carboxylic acids is 1. The number of hydrogen-bond donors (Lipinski definition) is 0. The minimum Gasteiger partial charge on any atom is -1.00 e. The highest BCUT2D eigenvalue weighted by Crippen LogP contribution is 2.22. The summed E-state index contributed by atoms with van der Waals surface area (Å²) in [6, 6.07) is 0. The molecule has 1 saturated heterocycles. The van der Waals surface area contributed by atoms with Crippen LogP contribution in [0.5, 0.6) is 0 Å². The molecular weight excluding hydrogens is 333 g/mol. The van der Waals surface area contributed by atoms with E-state index >= 15 is 0 Å². The topological polar surface area (TPSA) is 17.1 Å². The van der Waals surface area contributed by atoms with Crippen LogP contribution in [0.15, 0.2) is 0 Å². The first-order chi connectivity index (χ1) is 7.06. The van der Waals surface area contributed by atoms with Gasteiger partial charge in [0.25, 0.3) is 0 Å². The molecule has 0 spiro atoms. The Morgan fingerprint density at radius 1 is 1.38 bits per heavy atom. The van der Waals surface area contributed by atoms with Crippen molar-refractivity contribution in [1.82, 2.24) is 0 Å². The van der Waals surface area contributed by atoms with Crippen LogP contribution in [0, 0.1) is 5.92 Å².